The van der Waals surface area contributed by atoms with Gasteiger partial charge in [-0.2, -0.15) is 0 Å². The van der Waals surface area contributed by atoms with Crippen LogP contribution in [0.1, 0.15) is 109 Å². The number of amides is 1. The zero-order chi connectivity index (χ0) is 33.2. The average Bonchev–Trinajstić information content (AvgIpc) is 3.43. The van der Waals surface area contributed by atoms with Crippen LogP contribution in [-0.4, -0.2) is 69.5 Å². The van der Waals surface area contributed by atoms with Crippen LogP contribution in [0.4, 0.5) is 0 Å². The first-order valence-corrected chi connectivity index (χ1v) is 19.1. The molecule has 0 bridgehead atoms. The molecule has 1 aromatic rings. The molecule has 268 valence electrons. The number of benzene rings is 1. The predicted octanol–water partition coefficient (Wildman–Crippen LogP) is 7.80. The first kappa shape index (κ1) is 37.2. The summed E-state index contributed by atoms with van der Waals surface area (Å²) in [5, 5.41) is 2.90. The van der Waals surface area contributed by atoms with E-state index >= 15 is 0 Å². The van der Waals surface area contributed by atoms with Gasteiger partial charge >= 0.3 is 0 Å². The highest BCUT2D eigenvalue weighted by Crippen LogP contribution is 2.42. The summed E-state index contributed by atoms with van der Waals surface area (Å²) in [6.45, 7) is 4.92. The molecule has 3 unspecified atom stereocenters. The lowest BCUT2D eigenvalue weighted by Crippen LogP contribution is -2.31. The van der Waals surface area contributed by atoms with E-state index in [1.807, 2.05) is 6.92 Å². The van der Waals surface area contributed by atoms with Crippen molar-refractivity contribution in [2.45, 2.75) is 147 Å². The quantitative estimate of drug-likeness (QED) is 0.126. The largest absolute Gasteiger partial charge is 0.356 e. The molecule has 5 rings (SSSR count). The van der Waals surface area contributed by atoms with Crippen molar-refractivity contribution >= 4 is 5.91 Å². The van der Waals surface area contributed by atoms with Gasteiger partial charge in [0.1, 0.15) is 0 Å². The molecule has 4 fully saturated rings. The first-order valence-electron chi connectivity index (χ1n) is 19.1. The average molecular weight is 668 g/mol. The van der Waals surface area contributed by atoms with Gasteiger partial charge in [0.25, 0.3) is 0 Å². The van der Waals surface area contributed by atoms with Crippen molar-refractivity contribution in [3.05, 3.63) is 60.2 Å². The van der Waals surface area contributed by atoms with Crippen LogP contribution in [0.5, 0.6) is 0 Å². The van der Waals surface area contributed by atoms with E-state index in [-0.39, 0.29) is 54.9 Å². The zero-order valence-electron chi connectivity index (χ0n) is 29.3. The molecule has 8 atom stereocenters. The number of unbranched alkanes of at least 4 members (excludes halogenated alkanes) is 1. The highest BCUT2D eigenvalue weighted by atomic mass is 16.7. The minimum absolute atomic E-state index is 0.0155. The maximum Gasteiger partial charge on any atom is 0.219 e. The van der Waals surface area contributed by atoms with E-state index in [1.54, 1.807) is 0 Å². The Bertz CT molecular complexity index is 1080. The fourth-order valence-electron chi connectivity index (χ4n) is 7.46. The Kier molecular flexibility index (Phi) is 16.4. The lowest BCUT2D eigenvalue weighted by Gasteiger charge is -2.30. The molecule has 8 nitrogen and oxygen atoms in total. The fraction of sp³-hybridized carbons (Fsp3) is 0.725. The second-order valence-corrected chi connectivity index (χ2v) is 13.9. The molecule has 1 saturated carbocycles. The second-order valence-electron chi connectivity index (χ2n) is 13.9. The van der Waals surface area contributed by atoms with E-state index in [0.717, 1.165) is 116 Å². The van der Waals surface area contributed by atoms with Crippen molar-refractivity contribution < 1.29 is 33.2 Å². The number of rotatable bonds is 18. The van der Waals surface area contributed by atoms with E-state index in [9.17, 15) is 4.79 Å². The van der Waals surface area contributed by atoms with Crippen LogP contribution < -0.4 is 5.32 Å². The topological polar surface area (TPSA) is 84.5 Å². The molecule has 48 heavy (non-hydrogen) atoms. The normalized spacial score (nSPS) is 30.6. The molecular formula is C40H61NO7. The molecule has 0 aromatic heterocycles. The van der Waals surface area contributed by atoms with Crippen molar-refractivity contribution in [2.24, 2.45) is 11.8 Å². The number of hydrogen-bond acceptors (Lipinski definition) is 7. The molecule has 1 aromatic carbocycles. The number of carbonyl (C=O) groups is 1. The standard InChI is InChI=1S/C40H61NO7/c1-2-41-37(42)19-9-4-3-8-18-33-34(26-25-32(46-38-20-10-13-27-43-38)24-23-31-16-6-5-7-17-31)36(48-40-22-12-15-29-45-40)30-35(33)47-39-21-11-14-28-44-39/h3,5-8,16-17,25-26,32-36,38-40H,2,4,9-15,18-24,27-30H2,1H3,(H,41,42)/t32-,33+,34+,35-,36+,38?,39?,40?/m0/s1. The number of ether oxygens (including phenoxy) is 6. The van der Waals surface area contributed by atoms with Gasteiger partial charge in [-0.1, -0.05) is 54.6 Å². The summed E-state index contributed by atoms with van der Waals surface area (Å²) >= 11 is 0. The van der Waals surface area contributed by atoms with E-state index in [1.165, 1.54) is 5.56 Å². The summed E-state index contributed by atoms with van der Waals surface area (Å²) in [6.07, 6.45) is 23.9. The maximum absolute atomic E-state index is 11.9. The summed E-state index contributed by atoms with van der Waals surface area (Å²) in [4.78, 5) is 11.9. The van der Waals surface area contributed by atoms with Gasteiger partial charge in [0, 0.05) is 45.1 Å². The Labute approximate surface area is 289 Å². The third-order valence-electron chi connectivity index (χ3n) is 10.1. The van der Waals surface area contributed by atoms with E-state index < -0.39 is 0 Å². The molecule has 4 aliphatic rings. The van der Waals surface area contributed by atoms with Crippen LogP contribution in [0, 0.1) is 11.8 Å². The Morgan fingerprint density at radius 2 is 1.54 bits per heavy atom. The summed E-state index contributed by atoms with van der Waals surface area (Å²) in [7, 11) is 0. The van der Waals surface area contributed by atoms with Gasteiger partial charge in [0.15, 0.2) is 18.9 Å². The van der Waals surface area contributed by atoms with Gasteiger partial charge < -0.3 is 33.7 Å². The number of allylic oxidation sites excluding steroid dienone is 2. The van der Waals surface area contributed by atoms with Crippen molar-refractivity contribution in [1.29, 1.82) is 0 Å². The highest BCUT2D eigenvalue weighted by molar-refractivity contribution is 5.75. The monoisotopic (exact) mass is 667 g/mol. The van der Waals surface area contributed by atoms with Crippen LogP contribution in [0.25, 0.3) is 0 Å². The van der Waals surface area contributed by atoms with Crippen molar-refractivity contribution in [1.82, 2.24) is 5.32 Å². The predicted molar refractivity (Wildman–Crippen MR) is 187 cm³/mol. The van der Waals surface area contributed by atoms with Gasteiger partial charge in [-0.15, -0.1) is 0 Å². The SMILES string of the molecule is CCNC(=O)CCCC=CC[C@@H]1[C@@H](C=C[C@H](CCc2ccccc2)OC2CCCCO2)[C@H](OC2CCCCO2)C[C@@H]1OC1CCCCO1. The smallest absolute Gasteiger partial charge is 0.219 e. The third-order valence-corrected chi connectivity index (χ3v) is 10.1. The second kappa shape index (κ2) is 21.2. The first-order chi connectivity index (χ1) is 23.7. The molecule has 1 N–H and O–H groups in total. The zero-order valence-corrected chi connectivity index (χ0v) is 29.3. The highest BCUT2D eigenvalue weighted by Gasteiger charge is 2.45. The Balaban J connectivity index is 1.32. The minimum atomic E-state index is -0.171. The van der Waals surface area contributed by atoms with Gasteiger partial charge in [-0.3, -0.25) is 4.79 Å². The Morgan fingerprint density at radius 3 is 2.19 bits per heavy atom. The molecule has 1 aliphatic carbocycles. The van der Waals surface area contributed by atoms with E-state index in [4.69, 9.17) is 28.4 Å². The number of aryl methyl sites for hydroxylation is 1. The van der Waals surface area contributed by atoms with Gasteiger partial charge in [-0.05, 0) is 108 Å². The van der Waals surface area contributed by atoms with Crippen LogP contribution >= 0.6 is 0 Å². The lowest BCUT2D eigenvalue weighted by atomic mass is 9.89. The molecule has 3 aliphatic heterocycles. The molecule has 8 heteroatoms. The summed E-state index contributed by atoms with van der Waals surface area (Å²) in [5.74, 6) is 0.486. The summed E-state index contributed by atoms with van der Waals surface area (Å²) in [5.41, 5.74) is 1.32. The van der Waals surface area contributed by atoms with E-state index in [2.05, 4.69) is 60.0 Å². The van der Waals surface area contributed by atoms with Crippen molar-refractivity contribution in [3.63, 3.8) is 0 Å². The van der Waals surface area contributed by atoms with Gasteiger partial charge in [-0.25, -0.2) is 0 Å². The molecule has 3 saturated heterocycles. The van der Waals surface area contributed by atoms with Crippen LogP contribution in [0.2, 0.25) is 0 Å². The van der Waals surface area contributed by atoms with E-state index in [0.29, 0.717) is 13.0 Å². The summed E-state index contributed by atoms with van der Waals surface area (Å²) in [6, 6.07) is 10.7. The van der Waals surface area contributed by atoms with Crippen molar-refractivity contribution in [2.75, 3.05) is 26.4 Å². The molecular weight excluding hydrogens is 606 g/mol. The van der Waals surface area contributed by atoms with Crippen LogP contribution in [-0.2, 0) is 39.6 Å². The molecule has 3 heterocycles. The summed E-state index contributed by atoms with van der Waals surface area (Å²) < 4.78 is 38.4. The fourth-order valence-corrected chi connectivity index (χ4v) is 7.46. The lowest BCUT2D eigenvalue weighted by molar-refractivity contribution is -0.203. The van der Waals surface area contributed by atoms with Crippen molar-refractivity contribution in [3.8, 4) is 0 Å². The van der Waals surface area contributed by atoms with Crippen LogP contribution in [0.3, 0.4) is 0 Å². The van der Waals surface area contributed by atoms with Crippen LogP contribution in [0.15, 0.2) is 54.6 Å². The molecule has 0 spiro atoms. The number of carbonyl (C=O) groups excluding carboxylic acids is 1. The third kappa shape index (κ3) is 12.7. The minimum Gasteiger partial charge on any atom is -0.356 e. The molecule has 1 amide bonds. The number of nitrogens with one attached hydrogen (secondary N) is 1. The van der Waals surface area contributed by atoms with Gasteiger partial charge in [0.2, 0.25) is 5.91 Å². The Morgan fingerprint density at radius 1 is 0.875 bits per heavy atom. The number of hydrogen-bond donors (Lipinski definition) is 1. The van der Waals surface area contributed by atoms with Gasteiger partial charge in [0.05, 0.1) is 18.3 Å². The molecule has 0 radical (unpaired) electrons. The maximum atomic E-state index is 11.9. The Hall–Kier alpha value is -2.07.